The smallest absolute Gasteiger partial charge is 0.224 e. The maximum atomic E-state index is 11.7. The molecule has 1 amide bonds. The molecule has 0 aromatic heterocycles. The van der Waals surface area contributed by atoms with Crippen molar-refractivity contribution < 1.29 is 13.2 Å². The summed E-state index contributed by atoms with van der Waals surface area (Å²) < 4.78 is 23.0. The lowest BCUT2D eigenvalue weighted by Gasteiger charge is -2.08. The van der Waals surface area contributed by atoms with Crippen LogP contribution in [0.4, 0.5) is 5.69 Å². The zero-order chi connectivity index (χ0) is 15.2. The van der Waals surface area contributed by atoms with Gasteiger partial charge in [0, 0.05) is 24.8 Å². The molecule has 1 rings (SSSR count). The average Bonchev–Trinajstić information content (AvgIpc) is 2.36. The van der Waals surface area contributed by atoms with Crippen molar-refractivity contribution in [1.82, 2.24) is 0 Å². The van der Waals surface area contributed by atoms with Crippen LogP contribution in [0, 0.1) is 12.3 Å². The number of sulfone groups is 1. The molecule has 0 unspecified atom stereocenters. The van der Waals surface area contributed by atoms with E-state index in [0.717, 1.165) is 12.7 Å². The Morgan fingerprint density at radius 1 is 1.40 bits per heavy atom. The number of terminal acetylenes is 1. The zero-order valence-electron chi connectivity index (χ0n) is 11.1. The Hall–Kier alpha value is -1.51. The second kappa shape index (κ2) is 7.32. The Balaban J connectivity index is 2.70. The molecule has 0 aliphatic carbocycles. The van der Waals surface area contributed by atoms with Crippen molar-refractivity contribution in [2.75, 3.05) is 11.6 Å². The highest BCUT2D eigenvalue weighted by atomic mass is 35.5. The van der Waals surface area contributed by atoms with E-state index in [1.807, 2.05) is 0 Å². The predicted molar refractivity (Wildman–Crippen MR) is 80.5 cm³/mol. The molecule has 1 aromatic rings. The molecule has 0 saturated carbocycles. The first-order chi connectivity index (χ1) is 9.34. The largest absolute Gasteiger partial charge is 0.326 e. The minimum atomic E-state index is -3.42. The van der Waals surface area contributed by atoms with Gasteiger partial charge in [-0.25, -0.2) is 8.42 Å². The molecule has 108 valence electrons. The fourth-order valence-corrected chi connectivity index (χ4v) is 2.90. The van der Waals surface area contributed by atoms with Gasteiger partial charge in [-0.2, -0.15) is 0 Å². The zero-order valence-corrected chi connectivity index (χ0v) is 12.7. The van der Waals surface area contributed by atoms with E-state index < -0.39 is 9.84 Å². The average molecular weight is 314 g/mol. The molecule has 0 aliphatic heterocycles. The Morgan fingerprint density at radius 3 is 2.70 bits per heavy atom. The van der Waals surface area contributed by atoms with Gasteiger partial charge < -0.3 is 5.32 Å². The number of unbranched alkanes of at least 4 members (excludes halogenated alkanes) is 2. The summed E-state index contributed by atoms with van der Waals surface area (Å²) in [6.07, 6.45) is 8.67. The van der Waals surface area contributed by atoms with Crippen LogP contribution in [-0.4, -0.2) is 20.6 Å². The second-order valence-corrected chi connectivity index (χ2v) is 6.77. The van der Waals surface area contributed by atoms with Crippen LogP contribution < -0.4 is 5.32 Å². The summed E-state index contributed by atoms with van der Waals surface area (Å²) in [5, 5.41) is 2.78. The summed E-state index contributed by atoms with van der Waals surface area (Å²) in [6, 6.07) is 4.37. The first-order valence-electron chi connectivity index (χ1n) is 6.07. The molecule has 0 saturated heterocycles. The molecule has 0 bridgehead atoms. The molecule has 4 nitrogen and oxygen atoms in total. The third-order valence-corrected chi connectivity index (χ3v) is 4.17. The highest BCUT2D eigenvalue weighted by molar-refractivity contribution is 7.90. The van der Waals surface area contributed by atoms with E-state index in [9.17, 15) is 13.2 Å². The number of hydrogen-bond donors (Lipinski definition) is 1. The number of benzene rings is 1. The Bertz CT molecular complexity index is 632. The molecule has 0 radical (unpaired) electrons. The van der Waals surface area contributed by atoms with Crippen LogP contribution in [0.3, 0.4) is 0 Å². The van der Waals surface area contributed by atoms with Crippen LogP contribution >= 0.6 is 11.6 Å². The van der Waals surface area contributed by atoms with Gasteiger partial charge in [-0.05, 0) is 31.0 Å². The van der Waals surface area contributed by atoms with Crippen molar-refractivity contribution >= 4 is 33.0 Å². The monoisotopic (exact) mass is 313 g/mol. The van der Waals surface area contributed by atoms with E-state index >= 15 is 0 Å². The molecule has 0 spiro atoms. The number of amides is 1. The highest BCUT2D eigenvalue weighted by Gasteiger charge is 2.13. The molecule has 20 heavy (non-hydrogen) atoms. The van der Waals surface area contributed by atoms with E-state index in [1.165, 1.54) is 12.1 Å². The van der Waals surface area contributed by atoms with Crippen LogP contribution in [0.15, 0.2) is 23.1 Å². The molecule has 0 fully saturated rings. The summed E-state index contributed by atoms with van der Waals surface area (Å²) in [5.41, 5.74) is 0.414. The number of hydrogen-bond acceptors (Lipinski definition) is 3. The fourth-order valence-electron chi connectivity index (χ4n) is 1.60. The maximum Gasteiger partial charge on any atom is 0.224 e. The van der Waals surface area contributed by atoms with E-state index in [4.69, 9.17) is 18.0 Å². The number of rotatable bonds is 6. The van der Waals surface area contributed by atoms with Gasteiger partial charge >= 0.3 is 0 Å². The Morgan fingerprint density at radius 2 is 2.10 bits per heavy atom. The van der Waals surface area contributed by atoms with Gasteiger partial charge in [0.25, 0.3) is 0 Å². The minimum Gasteiger partial charge on any atom is -0.326 e. The lowest BCUT2D eigenvalue weighted by molar-refractivity contribution is -0.116. The maximum absolute atomic E-state index is 11.7. The van der Waals surface area contributed by atoms with E-state index in [-0.39, 0.29) is 15.8 Å². The summed E-state index contributed by atoms with van der Waals surface area (Å²) in [4.78, 5) is 11.7. The van der Waals surface area contributed by atoms with Crippen molar-refractivity contribution in [1.29, 1.82) is 0 Å². The fraction of sp³-hybridized carbons (Fsp3) is 0.357. The Labute approximate surface area is 124 Å². The van der Waals surface area contributed by atoms with Gasteiger partial charge in [-0.3, -0.25) is 4.79 Å². The summed E-state index contributed by atoms with van der Waals surface area (Å²) in [6.45, 7) is 0. The third-order valence-electron chi connectivity index (χ3n) is 2.59. The summed E-state index contributed by atoms with van der Waals surface area (Å²) in [7, 11) is -3.42. The molecular weight excluding hydrogens is 298 g/mol. The summed E-state index contributed by atoms with van der Waals surface area (Å²) in [5.74, 6) is 2.33. The quantitative estimate of drug-likeness (QED) is 0.649. The number of anilines is 1. The number of carbonyl (C=O) groups excluding carboxylic acids is 1. The van der Waals surface area contributed by atoms with Crippen molar-refractivity contribution in [3.05, 3.63) is 23.2 Å². The highest BCUT2D eigenvalue weighted by Crippen LogP contribution is 2.25. The van der Waals surface area contributed by atoms with Gasteiger partial charge in [0.1, 0.15) is 0 Å². The Kier molecular flexibility index (Phi) is 6.05. The van der Waals surface area contributed by atoms with Gasteiger partial charge in [0.05, 0.1) is 9.92 Å². The van der Waals surface area contributed by atoms with Crippen LogP contribution in [-0.2, 0) is 14.6 Å². The first-order valence-corrected chi connectivity index (χ1v) is 8.34. The molecule has 1 N–H and O–H groups in total. The minimum absolute atomic E-state index is 0.00398. The normalized spacial score (nSPS) is 10.8. The van der Waals surface area contributed by atoms with Gasteiger partial charge in [-0.1, -0.05) is 11.6 Å². The SMILES string of the molecule is C#CCCCCC(=O)Nc1ccc(Cl)c(S(C)(=O)=O)c1. The van der Waals surface area contributed by atoms with E-state index in [2.05, 4.69) is 11.2 Å². The standard InChI is InChI=1S/C14H16ClNO3S/c1-3-4-5-6-7-14(17)16-11-8-9-12(15)13(10-11)20(2,18)19/h1,8-10H,4-7H2,2H3,(H,16,17). The first kappa shape index (κ1) is 16.5. The third kappa shape index (κ3) is 5.24. The van der Waals surface area contributed by atoms with Crippen LogP contribution in [0.1, 0.15) is 25.7 Å². The van der Waals surface area contributed by atoms with Gasteiger partial charge in [0.2, 0.25) is 5.91 Å². The van der Waals surface area contributed by atoms with Crippen molar-refractivity contribution in [3.63, 3.8) is 0 Å². The van der Waals surface area contributed by atoms with Gasteiger partial charge in [0.15, 0.2) is 9.84 Å². The number of nitrogens with one attached hydrogen (secondary N) is 1. The lowest BCUT2D eigenvalue weighted by atomic mass is 10.2. The van der Waals surface area contributed by atoms with Crippen molar-refractivity contribution in [2.45, 2.75) is 30.6 Å². The van der Waals surface area contributed by atoms with Crippen LogP contribution in [0.25, 0.3) is 0 Å². The van der Waals surface area contributed by atoms with E-state index in [1.54, 1.807) is 6.07 Å². The van der Waals surface area contributed by atoms with Crippen LogP contribution in [0.5, 0.6) is 0 Å². The molecule has 6 heteroatoms. The second-order valence-electron chi connectivity index (χ2n) is 4.38. The van der Waals surface area contributed by atoms with Gasteiger partial charge in [-0.15, -0.1) is 12.3 Å². The van der Waals surface area contributed by atoms with Crippen molar-refractivity contribution in [3.8, 4) is 12.3 Å². The van der Waals surface area contributed by atoms with Crippen LogP contribution in [0.2, 0.25) is 5.02 Å². The lowest BCUT2D eigenvalue weighted by Crippen LogP contribution is -2.11. The predicted octanol–water partition coefficient (Wildman–Crippen LogP) is 2.88. The molecule has 0 aliphatic rings. The number of carbonyl (C=O) groups is 1. The molecular formula is C14H16ClNO3S. The number of halogens is 1. The summed E-state index contributed by atoms with van der Waals surface area (Å²) >= 11 is 5.83. The molecule has 0 atom stereocenters. The molecule has 1 aromatic carbocycles. The van der Waals surface area contributed by atoms with E-state index in [0.29, 0.717) is 24.9 Å². The topological polar surface area (TPSA) is 63.2 Å². The van der Waals surface area contributed by atoms with Crippen molar-refractivity contribution in [2.24, 2.45) is 0 Å². The molecule has 0 heterocycles.